The minimum atomic E-state index is -3.57. The summed E-state index contributed by atoms with van der Waals surface area (Å²) in [5.41, 5.74) is 3.27. The van der Waals surface area contributed by atoms with Gasteiger partial charge in [-0.05, 0) is 24.0 Å². The predicted molar refractivity (Wildman–Crippen MR) is 80.5 cm³/mol. The molecule has 2 heterocycles. The first-order chi connectivity index (χ1) is 10.1. The number of fused-ring (bicyclic) bond motifs is 1. The van der Waals surface area contributed by atoms with Crippen LogP contribution in [0.1, 0.15) is 17.5 Å². The van der Waals surface area contributed by atoms with E-state index in [0.717, 1.165) is 30.6 Å². The average Bonchev–Trinajstić information content (AvgIpc) is 2.93. The van der Waals surface area contributed by atoms with Crippen molar-refractivity contribution < 1.29 is 8.42 Å². The molecule has 1 aromatic carbocycles. The Bertz CT molecular complexity index is 752. The van der Waals surface area contributed by atoms with Crippen LogP contribution < -0.4 is 10.0 Å². The highest BCUT2D eigenvalue weighted by Crippen LogP contribution is 2.26. The Kier molecular flexibility index (Phi) is 3.69. The Labute approximate surface area is 124 Å². The molecule has 0 radical (unpaired) electrons. The minimum Gasteiger partial charge on any atom is -0.385 e. The maximum Gasteiger partial charge on any atom is 0.259 e. The van der Waals surface area contributed by atoms with Gasteiger partial charge in [0.05, 0.1) is 6.33 Å². The van der Waals surface area contributed by atoms with E-state index in [2.05, 4.69) is 21.1 Å². The van der Waals surface area contributed by atoms with E-state index in [-0.39, 0.29) is 11.6 Å². The highest BCUT2D eigenvalue weighted by atomic mass is 32.2. The van der Waals surface area contributed by atoms with Gasteiger partial charge in [0.15, 0.2) is 5.03 Å². The van der Waals surface area contributed by atoms with Crippen LogP contribution in [0.2, 0.25) is 0 Å². The van der Waals surface area contributed by atoms with E-state index < -0.39 is 10.0 Å². The van der Waals surface area contributed by atoms with Crippen LogP contribution in [0.15, 0.2) is 35.7 Å². The van der Waals surface area contributed by atoms with Gasteiger partial charge < -0.3 is 9.88 Å². The third-order valence-corrected chi connectivity index (χ3v) is 4.86. The molecule has 1 aromatic heterocycles. The maximum absolute atomic E-state index is 12.2. The molecular weight excluding hydrogens is 288 g/mol. The molecule has 0 fully saturated rings. The predicted octanol–water partition coefficient (Wildman–Crippen LogP) is 1.26. The van der Waals surface area contributed by atoms with E-state index in [9.17, 15) is 8.42 Å². The third-order valence-electron chi connectivity index (χ3n) is 3.57. The summed E-state index contributed by atoms with van der Waals surface area (Å²) in [6.45, 7) is 1.19. The number of anilines is 1. The summed E-state index contributed by atoms with van der Waals surface area (Å²) >= 11 is 0. The fourth-order valence-corrected chi connectivity index (χ4v) is 3.49. The maximum atomic E-state index is 12.2. The van der Waals surface area contributed by atoms with Gasteiger partial charge in [-0.1, -0.05) is 18.2 Å². The second-order valence-electron chi connectivity index (χ2n) is 5.18. The smallest absolute Gasteiger partial charge is 0.259 e. The Morgan fingerprint density at radius 1 is 1.43 bits per heavy atom. The van der Waals surface area contributed by atoms with Crippen molar-refractivity contribution in [1.82, 2.24) is 14.3 Å². The fourth-order valence-electron chi connectivity index (χ4n) is 2.50. The van der Waals surface area contributed by atoms with Gasteiger partial charge in [0, 0.05) is 32.0 Å². The zero-order valence-electron chi connectivity index (χ0n) is 11.8. The second kappa shape index (κ2) is 5.50. The monoisotopic (exact) mass is 306 g/mol. The van der Waals surface area contributed by atoms with E-state index in [0.29, 0.717) is 0 Å². The Balaban J connectivity index is 1.79. The van der Waals surface area contributed by atoms with Crippen LogP contribution in [-0.4, -0.2) is 24.5 Å². The number of benzene rings is 1. The molecule has 0 saturated heterocycles. The first kappa shape index (κ1) is 14.1. The number of hydrogen-bond donors (Lipinski definition) is 2. The van der Waals surface area contributed by atoms with Crippen LogP contribution in [0.4, 0.5) is 5.69 Å². The second-order valence-corrected chi connectivity index (χ2v) is 6.90. The molecule has 6 nitrogen and oxygen atoms in total. The number of sulfonamides is 1. The lowest BCUT2D eigenvalue weighted by molar-refractivity contribution is 0.578. The Hall–Kier alpha value is -1.86. The lowest BCUT2D eigenvalue weighted by Crippen LogP contribution is -2.25. The largest absolute Gasteiger partial charge is 0.385 e. The van der Waals surface area contributed by atoms with Crippen molar-refractivity contribution >= 4 is 15.7 Å². The Morgan fingerprint density at radius 3 is 3.05 bits per heavy atom. The highest BCUT2D eigenvalue weighted by Gasteiger charge is 2.18. The first-order valence-corrected chi connectivity index (χ1v) is 8.37. The van der Waals surface area contributed by atoms with Gasteiger partial charge in [0.2, 0.25) is 0 Å². The summed E-state index contributed by atoms with van der Waals surface area (Å²) < 4.78 is 28.6. The fraction of sp³-hybridized carbons (Fsp3) is 0.357. The molecule has 0 unspecified atom stereocenters. The molecule has 0 amide bonds. The van der Waals surface area contributed by atoms with Gasteiger partial charge in [0.25, 0.3) is 10.0 Å². The number of rotatable bonds is 4. The molecule has 3 rings (SSSR count). The van der Waals surface area contributed by atoms with Crippen molar-refractivity contribution in [3.8, 4) is 0 Å². The SMILES string of the molecule is Cn1cnc(S(=O)(=O)NCc2cccc3c2NCCC3)c1. The first-order valence-electron chi connectivity index (χ1n) is 6.88. The number of hydrogen-bond acceptors (Lipinski definition) is 4. The van der Waals surface area contributed by atoms with E-state index in [1.165, 1.54) is 18.1 Å². The van der Waals surface area contributed by atoms with Gasteiger partial charge in [-0.2, -0.15) is 0 Å². The van der Waals surface area contributed by atoms with Gasteiger partial charge in [0.1, 0.15) is 0 Å². The highest BCUT2D eigenvalue weighted by molar-refractivity contribution is 7.89. The van der Waals surface area contributed by atoms with Gasteiger partial charge >= 0.3 is 0 Å². The van der Waals surface area contributed by atoms with Crippen LogP contribution in [0, 0.1) is 0 Å². The minimum absolute atomic E-state index is 0.0442. The zero-order chi connectivity index (χ0) is 14.9. The van der Waals surface area contributed by atoms with E-state index in [1.54, 1.807) is 11.6 Å². The summed E-state index contributed by atoms with van der Waals surface area (Å²) in [5.74, 6) is 0. The summed E-state index contributed by atoms with van der Waals surface area (Å²) in [5, 5.41) is 3.40. The number of para-hydroxylation sites is 1. The third kappa shape index (κ3) is 2.93. The summed E-state index contributed by atoms with van der Waals surface area (Å²) in [6.07, 6.45) is 5.10. The molecule has 1 aliphatic rings. The van der Waals surface area contributed by atoms with E-state index in [4.69, 9.17) is 0 Å². The van der Waals surface area contributed by atoms with Crippen LogP contribution >= 0.6 is 0 Å². The lowest BCUT2D eigenvalue weighted by Gasteiger charge is -2.21. The van der Waals surface area contributed by atoms with Crippen LogP contribution in [0.3, 0.4) is 0 Å². The number of imidazole rings is 1. The van der Waals surface area contributed by atoms with Gasteiger partial charge in [-0.15, -0.1) is 0 Å². The molecule has 1 aliphatic heterocycles. The molecule has 21 heavy (non-hydrogen) atoms. The number of aryl methyl sites for hydroxylation is 2. The number of nitrogens with zero attached hydrogens (tertiary/aromatic N) is 2. The van der Waals surface area contributed by atoms with E-state index >= 15 is 0 Å². The van der Waals surface area contributed by atoms with Crippen molar-refractivity contribution in [3.63, 3.8) is 0 Å². The van der Waals surface area contributed by atoms with Gasteiger partial charge in [-0.25, -0.2) is 18.1 Å². The van der Waals surface area contributed by atoms with Crippen molar-refractivity contribution in [2.75, 3.05) is 11.9 Å². The summed E-state index contributed by atoms with van der Waals surface area (Å²) in [4.78, 5) is 3.88. The molecule has 0 saturated carbocycles. The average molecular weight is 306 g/mol. The molecule has 0 bridgehead atoms. The summed E-state index contributed by atoms with van der Waals surface area (Å²) in [7, 11) is -1.83. The Morgan fingerprint density at radius 2 is 2.29 bits per heavy atom. The topological polar surface area (TPSA) is 76.0 Å². The molecule has 2 N–H and O–H groups in total. The van der Waals surface area contributed by atoms with Gasteiger partial charge in [-0.3, -0.25) is 0 Å². The van der Waals surface area contributed by atoms with Crippen molar-refractivity contribution in [3.05, 3.63) is 41.9 Å². The number of nitrogens with one attached hydrogen (secondary N) is 2. The molecule has 0 atom stereocenters. The summed E-state index contributed by atoms with van der Waals surface area (Å²) in [6, 6.07) is 5.99. The van der Waals surface area contributed by atoms with Crippen LogP contribution in [0.25, 0.3) is 0 Å². The molecule has 2 aromatic rings. The van der Waals surface area contributed by atoms with Crippen molar-refractivity contribution in [1.29, 1.82) is 0 Å². The van der Waals surface area contributed by atoms with Crippen molar-refractivity contribution in [2.45, 2.75) is 24.4 Å². The molecule has 0 aliphatic carbocycles. The molecular formula is C14H18N4O2S. The number of aromatic nitrogens is 2. The van der Waals surface area contributed by atoms with Crippen molar-refractivity contribution in [2.24, 2.45) is 7.05 Å². The standard InChI is InChI=1S/C14H18N4O2S/c1-18-9-13(16-10-18)21(19,20)17-8-12-5-2-4-11-6-3-7-15-14(11)12/h2,4-5,9-10,15,17H,3,6-8H2,1H3. The van der Waals surface area contributed by atoms with E-state index in [1.807, 2.05) is 12.1 Å². The van der Waals surface area contributed by atoms with Crippen LogP contribution in [-0.2, 0) is 30.0 Å². The van der Waals surface area contributed by atoms with Crippen LogP contribution in [0.5, 0.6) is 0 Å². The molecule has 112 valence electrons. The quantitative estimate of drug-likeness (QED) is 0.891. The lowest BCUT2D eigenvalue weighted by atomic mass is 9.99. The molecule has 0 spiro atoms. The normalized spacial score (nSPS) is 14.5. The molecule has 7 heteroatoms. The zero-order valence-corrected chi connectivity index (χ0v) is 12.7.